The van der Waals surface area contributed by atoms with Crippen molar-refractivity contribution in [2.45, 2.75) is 13.5 Å². The third-order valence-electron chi connectivity index (χ3n) is 2.32. The minimum Gasteiger partial charge on any atom is -0.492 e. The molecule has 0 aliphatic heterocycles. The van der Waals surface area contributed by atoms with E-state index < -0.39 is 0 Å². The number of hydrogen-bond acceptors (Lipinski definition) is 5. The molecule has 0 saturated carbocycles. The Morgan fingerprint density at radius 1 is 1.47 bits per heavy atom. The highest BCUT2D eigenvalue weighted by Crippen LogP contribution is 2.23. The maximum atomic E-state index is 11.9. The fourth-order valence-corrected chi connectivity index (χ4v) is 1.58. The summed E-state index contributed by atoms with van der Waals surface area (Å²) < 4.78 is 6.79. The van der Waals surface area contributed by atoms with Crippen LogP contribution in [-0.2, 0) is 11.3 Å². The van der Waals surface area contributed by atoms with Gasteiger partial charge in [0.25, 0.3) is 0 Å². The smallest absolute Gasteiger partial charge is 0.246 e. The lowest BCUT2D eigenvalue weighted by Crippen LogP contribution is -2.19. The monoisotopic (exact) mass is 261 g/mol. The van der Waals surface area contributed by atoms with Gasteiger partial charge >= 0.3 is 0 Å². The van der Waals surface area contributed by atoms with Crippen molar-refractivity contribution in [1.29, 1.82) is 0 Å². The van der Waals surface area contributed by atoms with Crippen LogP contribution in [0.2, 0.25) is 0 Å². The number of benzene rings is 1. The number of ether oxygens (including phenoxy) is 1. The number of carbonyl (C=O) groups excluding carboxylic acids is 1. The first-order valence-electron chi connectivity index (χ1n) is 5.86. The Balaban J connectivity index is 2.02. The second-order valence-corrected chi connectivity index (χ2v) is 3.82. The molecule has 0 aliphatic carbocycles. The maximum Gasteiger partial charge on any atom is 0.246 e. The molecule has 0 atom stereocenters. The molecule has 7 heteroatoms. The number of nitrogens with two attached hydrogens (primary N) is 1. The Kier molecular flexibility index (Phi) is 3.97. The second kappa shape index (κ2) is 5.85. The van der Waals surface area contributed by atoms with E-state index in [1.807, 2.05) is 19.1 Å². The van der Waals surface area contributed by atoms with Crippen LogP contribution in [0, 0.1) is 0 Å². The Morgan fingerprint density at radius 3 is 2.95 bits per heavy atom. The summed E-state index contributed by atoms with van der Waals surface area (Å²) in [6.45, 7) is 2.47. The lowest BCUT2D eigenvalue weighted by atomic mass is 10.3. The Bertz CT molecular complexity index is 567. The quantitative estimate of drug-likeness (QED) is 0.833. The molecule has 7 nitrogen and oxygen atoms in total. The molecule has 1 amide bonds. The highest BCUT2D eigenvalue weighted by Gasteiger charge is 2.08. The summed E-state index contributed by atoms with van der Waals surface area (Å²) in [5.74, 6) is 0.691. The Morgan fingerprint density at radius 2 is 2.26 bits per heavy atom. The van der Waals surface area contributed by atoms with Crippen molar-refractivity contribution in [3.63, 3.8) is 0 Å². The van der Waals surface area contributed by atoms with Gasteiger partial charge in [0.1, 0.15) is 12.3 Å². The maximum absolute atomic E-state index is 11.9. The van der Waals surface area contributed by atoms with Crippen LogP contribution in [0.1, 0.15) is 6.92 Å². The molecule has 0 aliphatic rings. The zero-order valence-corrected chi connectivity index (χ0v) is 10.5. The van der Waals surface area contributed by atoms with Crippen LogP contribution in [0.4, 0.5) is 11.5 Å². The summed E-state index contributed by atoms with van der Waals surface area (Å²) in [5, 5.41) is 10.1. The average molecular weight is 261 g/mol. The summed E-state index contributed by atoms with van der Waals surface area (Å²) in [7, 11) is 0. The molecule has 0 bridgehead atoms. The summed E-state index contributed by atoms with van der Waals surface area (Å²) in [4.78, 5) is 11.9. The molecule has 2 rings (SSSR count). The molecule has 19 heavy (non-hydrogen) atoms. The summed E-state index contributed by atoms with van der Waals surface area (Å²) in [5.41, 5.74) is 6.05. The zero-order valence-electron chi connectivity index (χ0n) is 10.5. The van der Waals surface area contributed by atoms with Crippen molar-refractivity contribution < 1.29 is 9.53 Å². The first-order chi connectivity index (χ1) is 9.19. The zero-order chi connectivity index (χ0) is 13.7. The van der Waals surface area contributed by atoms with E-state index in [0.29, 0.717) is 18.0 Å². The van der Waals surface area contributed by atoms with E-state index in [1.165, 1.54) is 10.9 Å². The van der Waals surface area contributed by atoms with Gasteiger partial charge in [0.15, 0.2) is 5.82 Å². The SMILES string of the molecule is CCOc1ccccc1NC(=O)Cn1cc(N)nn1. The van der Waals surface area contributed by atoms with Gasteiger partial charge in [-0.3, -0.25) is 4.79 Å². The third-order valence-corrected chi connectivity index (χ3v) is 2.32. The van der Waals surface area contributed by atoms with Gasteiger partial charge in [0.2, 0.25) is 5.91 Å². The minimum atomic E-state index is -0.225. The molecule has 0 fully saturated rings. The summed E-state index contributed by atoms with van der Waals surface area (Å²) >= 11 is 0. The number of hydrogen-bond donors (Lipinski definition) is 2. The molecule has 0 saturated heterocycles. The van der Waals surface area contributed by atoms with Crippen LogP contribution in [0.25, 0.3) is 0 Å². The fourth-order valence-electron chi connectivity index (χ4n) is 1.58. The average Bonchev–Trinajstić information content (AvgIpc) is 2.77. The van der Waals surface area contributed by atoms with E-state index in [9.17, 15) is 4.79 Å². The molecule has 0 radical (unpaired) electrons. The topological polar surface area (TPSA) is 95.1 Å². The number of anilines is 2. The van der Waals surface area contributed by atoms with Crippen molar-refractivity contribution in [1.82, 2.24) is 15.0 Å². The third kappa shape index (κ3) is 3.44. The molecule has 2 aromatic rings. The number of aromatic nitrogens is 3. The minimum absolute atomic E-state index is 0.0463. The van der Waals surface area contributed by atoms with Crippen molar-refractivity contribution in [2.24, 2.45) is 0 Å². The molecule has 0 unspecified atom stereocenters. The van der Waals surface area contributed by atoms with Crippen LogP contribution >= 0.6 is 0 Å². The summed E-state index contributed by atoms with van der Waals surface area (Å²) in [6.07, 6.45) is 1.49. The molecular weight excluding hydrogens is 246 g/mol. The van der Waals surface area contributed by atoms with Crippen molar-refractivity contribution in [3.05, 3.63) is 30.5 Å². The lowest BCUT2D eigenvalue weighted by Gasteiger charge is -2.10. The van der Waals surface area contributed by atoms with E-state index in [-0.39, 0.29) is 18.3 Å². The Labute approximate surface area is 110 Å². The van der Waals surface area contributed by atoms with E-state index >= 15 is 0 Å². The van der Waals surface area contributed by atoms with Gasteiger partial charge in [0.05, 0.1) is 18.5 Å². The predicted molar refractivity (Wildman–Crippen MR) is 70.7 cm³/mol. The lowest BCUT2D eigenvalue weighted by molar-refractivity contribution is -0.116. The van der Waals surface area contributed by atoms with E-state index in [2.05, 4.69) is 15.6 Å². The normalized spacial score (nSPS) is 10.2. The number of para-hydroxylation sites is 2. The number of nitrogens with one attached hydrogen (secondary N) is 1. The molecular formula is C12H15N5O2. The van der Waals surface area contributed by atoms with Gasteiger partial charge in [-0.15, -0.1) is 5.10 Å². The molecule has 100 valence electrons. The van der Waals surface area contributed by atoms with Crippen LogP contribution in [0.3, 0.4) is 0 Å². The van der Waals surface area contributed by atoms with Crippen LogP contribution < -0.4 is 15.8 Å². The van der Waals surface area contributed by atoms with Gasteiger partial charge in [-0.25, -0.2) is 4.68 Å². The van der Waals surface area contributed by atoms with Gasteiger partial charge in [0, 0.05) is 0 Å². The first-order valence-corrected chi connectivity index (χ1v) is 5.86. The van der Waals surface area contributed by atoms with Crippen molar-refractivity contribution in [3.8, 4) is 5.75 Å². The summed E-state index contributed by atoms with van der Waals surface area (Å²) in [6, 6.07) is 7.25. The van der Waals surface area contributed by atoms with Gasteiger partial charge < -0.3 is 15.8 Å². The highest BCUT2D eigenvalue weighted by atomic mass is 16.5. The number of nitrogen functional groups attached to an aromatic ring is 1. The van der Waals surface area contributed by atoms with Gasteiger partial charge in [-0.2, -0.15) is 0 Å². The number of nitrogens with zero attached hydrogens (tertiary/aromatic N) is 3. The predicted octanol–water partition coefficient (Wildman–Crippen LogP) is 0.898. The van der Waals surface area contributed by atoms with Crippen LogP contribution in [-0.4, -0.2) is 27.5 Å². The second-order valence-electron chi connectivity index (χ2n) is 3.82. The van der Waals surface area contributed by atoms with Crippen LogP contribution in [0.5, 0.6) is 5.75 Å². The fraction of sp³-hybridized carbons (Fsp3) is 0.250. The Hall–Kier alpha value is -2.57. The molecule has 1 aromatic heterocycles. The molecule has 1 aromatic carbocycles. The van der Waals surface area contributed by atoms with E-state index in [0.717, 1.165) is 0 Å². The number of carbonyl (C=O) groups is 1. The molecule has 1 heterocycles. The molecule has 3 N–H and O–H groups in total. The van der Waals surface area contributed by atoms with E-state index in [4.69, 9.17) is 10.5 Å². The van der Waals surface area contributed by atoms with Crippen molar-refractivity contribution >= 4 is 17.4 Å². The van der Waals surface area contributed by atoms with Crippen LogP contribution in [0.15, 0.2) is 30.5 Å². The van der Waals surface area contributed by atoms with Gasteiger partial charge in [-0.1, -0.05) is 17.3 Å². The number of rotatable bonds is 5. The standard InChI is InChI=1S/C12H15N5O2/c1-2-19-10-6-4-3-5-9(10)14-12(18)8-17-7-11(13)15-16-17/h3-7H,2,8,13H2,1H3,(H,14,18). The first kappa shape index (κ1) is 12.9. The van der Waals surface area contributed by atoms with E-state index in [1.54, 1.807) is 12.1 Å². The highest BCUT2D eigenvalue weighted by molar-refractivity contribution is 5.92. The number of amides is 1. The van der Waals surface area contributed by atoms with Crippen molar-refractivity contribution in [2.75, 3.05) is 17.7 Å². The largest absolute Gasteiger partial charge is 0.492 e. The van der Waals surface area contributed by atoms with Gasteiger partial charge in [-0.05, 0) is 19.1 Å². The molecule has 0 spiro atoms.